The molecule has 8 heteroatoms. The molecule has 1 heterocycles. The Hall–Kier alpha value is -1.64. The van der Waals surface area contributed by atoms with Gasteiger partial charge in [0.1, 0.15) is 0 Å². The van der Waals surface area contributed by atoms with Gasteiger partial charge in [0.05, 0.1) is 10.4 Å². The molecule has 0 fully saturated rings. The van der Waals surface area contributed by atoms with Gasteiger partial charge < -0.3 is 9.52 Å². The van der Waals surface area contributed by atoms with Crippen molar-refractivity contribution in [2.75, 3.05) is 13.2 Å². The Kier molecular flexibility index (Phi) is 4.50. The van der Waals surface area contributed by atoms with Gasteiger partial charge in [0.15, 0.2) is 5.58 Å². The first-order valence-corrected chi connectivity index (χ1v) is 8.03. The number of rotatable bonds is 6. The van der Waals surface area contributed by atoms with Crippen LogP contribution in [0.4, 0.5) is 0 Å². The third kappa shape index (κ3) is 3.34. The number of aromatic nitrogens is 1. The van der Waals surface area contributed by atoms with Crippen LogP contribution in [0.5, 0.6) is 0 Å². The zero-order chi connectivity index (χ0) is 15.6. The topological polar surface area (TPSA) is 102 Å². The largest absolute Gasteiger partial charge is 0.419 e. The number of nitrogens with zero attached hydrogens (tertiary/aromatic N) is 1. The van der Waals surface area contributed by atoms with Crippen LogP contribution in [0.2, 0.25) is 0 Å². The van der Waals surface area contributed by atoms with E-state index < -0.39 is 15.8 Å². The highest BCUT2D eigenvalue weighted by Crippen LogP contribution is 2.18. The molecule has 2 N–H and O–H groups in total. The zero-order valence-corrected chi connectivity index (χ0v) is 12.7. The summed E-state index contributed by atoms with van der Waals surface area (Å²) in [5.74, 6) is -0.507. The minimum absolute atomic E-state index is 0.0179. The number of fused-ring (bicyclic) bond motifs is 1. The summed E-state index contributed by atoms with van der Waals surface area (Å²) in [6.07, 6.45) is 0.523. The van der Waals surface area contributed by atoms with Crippen molar-refractivity contribution in [3.8, 4) is 0 Å². The Balaban J connectivity index is 2.26. The second-order valence-corrected chi connectivity index (χ2v) is 6.79. The molecule has 0 saturated carbocycles. The molecule has 0 spiro atoms. The lowest BCUT2D eigenvalue weighted by molar-refractivity contribution is 0.263. The first-order chi connectivity index (χ1) is 9.85. The summed E-state index contributed by atoms with van der Waals surface area (Å²) in [7, 11) is -2.12. The van der Waals surface area contributed by atoms with E-state index in [0.717, 1.165) is 0 Å². The van der Waals surface area contributed by atoms with Crippen molar-refractivity contribution in [3.05, 3.63) is 28.7 Å². The van der Waals surface area contributed by atoms with Crippen molar-refractivity contribution in [2.24, 2.45) is 13.0 Å². The maximum atomic E-state index is 12.2. The van der Waals surface area contributed by atoms with Crippen molar-refractivity contribution >= 4 is 21.1 Å². The summed E-state index contributed by atoms with van der Waals surface area (Å²) in [5, 5.41) is 8.81. The molecule has 0 amide bonds. The zero-order valence-electron chi connectivity index (χ0n) is 11.9. The molecule has 1 unspecified atom stereocenters. The number of aryl methyl sites for hydroxylation is 1. The lowest BCUT2D eigenvalue weighted by Gasteiger charge is -2.11. The van der Waals surface area contributed by atoms with E-state index in [2.05, 4.69) is 4.72 Å². The molecule has 1 aromatic carbocycles. The van der Waals surface area contributed by atoms with E-state index in [1.165, 1.54) is 22.8 Å². The average Bonchev–Trinajstić information content (AvgIpc) is 2.72. The predicted molar refractivity (Wildman–Crippen MR) is 77.5 cm³/mol. The molecule has 0 radical (unpaired) electrons. The standard InChI is InChI=1S/C13H18N2O5S/c1-9(5-6-16)8-14-21(18,19)10-3-4-11-12(7-10)20-13(17)15(11)2/h3-4,7,9,14,16H,5-6,8H2,1-2H3. The molecule has 1 atom stereocenters. The molecule has 2 aromatic rings. The molecule has 0 aliphatic carbocycles. The van der Waals surface area contributed by atoms with Gasteiger partial charge in [-0.2, -0.15) is 0 Å². The fourth-order valence-electron chi connectivity index (χ4n) is 1.94. The van der Waals surface area contributed by atoms with Gasteiger partial charge in [-0.1, -0.05) is 6.92 Å². The highest BCUT2D eigenvalue weighted by molar-refractivity contribution is 7.89. The molecular weight excluding hydrogens is 296 g/mol. The molecule has 0 saturated heterocycles. The SMILES string of the molecule is CC(CCO)CNS(=O)(=O)c1ccc2c(c1)oc(=O)n2C. The predicted octanol–water partition coefficient (Wildman–Crippen LogP) is 0.428. The number of hydrogen-bond donors (Lipinski definition) is 2. The van der Waals surface area contributed by atoms with Crippen LogP contribution in [-0.4, -0.2) is 31.2 Å². The number of nitrogens with one attached hydrogen (secondary N) is 1. The number of sulfonamides is 1. The van der Waals surface area contributed by atoms with Crippen LogP contribution < -0.4 is 10.5 Å². The van der Waals surface area contributed by atoms with E-state index in [1.807, 2.05) is 6.92 Å². The number of aliphatic hydroxyl groups is 1. The summed E-state index contributed by atoms with van der Waals surface area (Å²) in [6, 6.07) is 4.29. The Morgan fingerprint density at radius 3 is 2.81 bits per heavy atom. The van der Waals surface area contributed by atoms with Gasteiger partial charge in [-0.3, -0.25) is 4.57 Å². The maximum Gasteiger partial charge on any atom is 0.419 e. The third-order valence-electron chi connectivity index (χ3n) is 3.32. The van der Waals surface area contributed by atoms with Crippen LogP contribution in [0.25, 0.3) is 11.1 Å². The van der Waals surface area contributed by atoms with Gasteiger partial charge in [0, 0.05) is 26.3 Å². The Labute approximate surface area is 122 Å². The van der Waals surface area contributed by atoms with Crippen LogP contribution in [0.15, 0.2) is 32.3 Å². The maximum absolute atomic E-state index is 12.2. The summed E-state index contributed by atoms with van der Waals surface area (Å²) in [5.41, 5.74) is 0.765. The number of hydrogen-bond acceptors (Lipinski definition) is 5. The quantitative estimate of drug-likeness (QED) is 0.805. The monoisotopic (exact) mass is 314 g/mol. The van der Waals surface area contributed by atoms with Gasteiger partial charge in [0.25, 0.3) is 0 Å². The average molecular weight is 314 g/mol. The second-order valence-electron chi connectivity index (χ2n) is 5.03. The normalized spacial score (nSPS) is 13.7. The Morgan fingerprint density at radius 1 is 1.43 bits per heavy atom. The number of benzene rings is 1. The van der Waals surface area contributed by atoms with E-state index in [1.54, 1.807) is 7.05 Å². The molecule has 116 valence electrons. The van der Waals surface area contributed by atoms with Crippen molar-refractivity contribution in [1.82, 2.24) is 9.29 Å². The summed E-state index contributed by atoms with van der Waals surface area (Å²) in [4.78, 5) is 11.4. The Morgan fingerprint density at radius 2 is 2.14 bits per heavy atom. The van der Waals surface area contributed by atoms with Crippen LogP contribution in [0.1, 0.15) is 13.3 Å². The first kappa shape index (κ1) is 15.7. The summed E-state index contributed by atoms with van der Waals surface area (Å²) < 4.78 is 33.1. The molecule has 0 aliphatic heterocycles. The third-order valence-corrected chi connectivity index (χ3v) is 4.74. The van der Waals surface area contributed by atoms with Crippen LogP contribution in [-0.2, 0) is 17.1 Å². The van der Waals surface area contributed by atoms with E-state index >= 15 is 0 Å². The minimum Gasteiger partial charge on any atom is -0.408 e. The lowest BCUT2D eigenvalue weighted by atomic mass is 10.1. The van der Waals surface area contributed by atoms with Gasteiger partial charge in [0.2, 0.25) is 10.0 Å². The van der Waals surface area contributed by atoms with Gasteiger partial charge >= 0.3 is 5.76 Å². The smallest absolute Gasteiger partial charge is 0.408 e. The molecule has 2 rings (SSSR count). The fourth-order valence-corrected chi connectivity index (χ4v) is 3.12. The summed E-state index contributed by atoms with van der Waals surface area (Å²) in [6.45, 7) is 2.10. The van der Waals surface area contributed by atoms with E-state index in [9.17, 15) is 13.2 Å². The van der Waals surface area contributed by atoms with Crippen molar-refractivity contribution in [1.29, 1.82) is 0 Å². The van der Waals surface area contributed by atoms with E-state index in [-0.39, 0.29) is 29.5 Å². The van der Waals surface area contributed by atoms with Crippen LogP contribution in [0.3, 0.4) is 0 Å². The van der Waals surface area contributed by atoms with Crippen LogP contribution in [0, 0.1) is 5.92 Å². The number of aliphatic hydroxyl groups excluding tert-OH is 1. The van der Waals surface area contributed by atoms with Crippen molar-refractivity contribution in [3.63, 3.8) is 0 Å². The van der Waals surface area contributed by atoms with E-state index in [0.29, 0.717) is 11.9 Å². The van der Waals surface area contributed by atoms with Gasteiger partial charge in [-0.05, 0) is 24.5 Å². The molecule has 0 bridgehead atoms. The van der Waals surface area contributed by atoms with Gasteiger partial charge in [-0.15, -0.1) is 0 Å². The summed E-state index contributed by atoms with van der Waals surface area (Å²) >= 11 is 0. The van der Waals surface area contributed by atoms with Crippen LogP contribution >= 0.6 is 0 Å². The lowest BCUT2D eigenvalue weighted by Crippen LogP contribution is -2.28. The molecule has 0 aliphatic rings. The first-order valence-electron chi connectivity index (χ1n) is 6.55. The highest BCUT2D eigenvalue weighted by atomic mass is 32.2. The molecule has 7 nitrogen and oxygen atoms in total. The minimum atomic E-state index is -3.67. The Bertz CT molecular complexity index is 790. The number of oxazole rings is 1. The molecular formula is C13H18N2O5S. The second kappa shape index (κ2) is 6.00. The van der Waals surface area contributed by atoms with Crippen molar-refractivity contribution in [2.45, 2.75) is 18.2 Å². The highest BCUT2D eigenvalue weighted by Gasteiger charge is 2.17. The molecule has 21 heavy (non-hydrogen) atoms. The molecule has 1 aromatic heterocycles. The van der Waals surface area contributed by atoms with Crippen molar-refractivity contribution < 1.29 is 17.9 Å². The fraction of sp³-hybridized carbons (Fsp3) is 0.462. The van der Waals surface area contributed by atoms with Gasteiger partial charge in [-0.25, -0.2) is 17.9 Å². The van der Waals surface area contributed by atoms with E-state index in [4.69, 9.17) is 9.52 Å².